The first-order valence-electron chi connectivity index (χ1n) is 7.03. The summed E-state index contributed by atoms with van der Waals surface area (Å²) >= 11 is 5.86. The summed E-state index contributed by atoms with van der Waals surface area (Å²) < 4.78 is 29.4. The molecular formula is C15H17ClFNO5. The fraction of sp³-hybridized carbons (Fsp3) is 0.467. The van der Waals surface area contributed by atoms with Crippen molar-refractivity contribution in [2.75, 3.05) is 20.3 Å². The van der Waals surface area contributed by atoms with Gasteiger partial charge in [0, 0.05) is 18.2 Å². The van der Waals surface area contributed by atoms with E-state index in [2.05, 4.69) is 9.89 Å². The first-order valence-corrected chi connectivity index (χ1v) is 7.41. The van der Waals surface area contributed by atoms with E-state index in [0.717, 1.165) is 6.07 Å². The summed E-state index contributed by atoms with van der Waals surface area (Å²) in [6.45, 7) is 4.03. The zero-order chi connectivity index (χ0) is 17.0. The Balaban J connectivity index is 2.38. The molecule has 23 heavy (non-hydrogen) atoms. The smallest absolute Gasteiger partial charge is 0.346 e. The van der Waals surface area contributed by atoms with Crippen LogP contribution in [0.3, 0.4) is 0 Å². The fourth-order valence-electron chi connectivity index (χ4n) is 2.09. The highest BCUT2D eigenvalue weighted by atomic mass is 35.5. The molecule has 1 aromatic rings. The molecule has 0 amide bonds. The number of halogens is 2. The number of nitrogens with zero attached hydrogens (tertiary/aromatic N) is 1. The van der Waals surface area contributed by atoms with Crippen molar-refractivity contribution in [3.8, 4) is 5.75 Å². The van der Waals surface area contributed by atoms with Gasteiger partial charge in [-0.3, -0.25) is 0 Å². The van der Waals surface area contributed by atoms with Crippen molar-refractivity contribution in [1.82, 2.24) is 0 Å². The fourth-order valence-corrected chi connectivity index (χ4v) is 2.26. The van der Waals surface area contributed by atoms with Gasteiger partial charge in [0.1, 0.15) is 30.0 Å². The normalized spacial score (nSPS) is 18.1. The topological polar surface area (TPSA) is 66.3 Å². The third kappa shape index (κ3) is 3.92. The third-order valence-electron chi connectivity index (χ3n) is 3.20. The molecule has 0 radical (unpaired) electrons. The Hall–Kier alpha value is -1.86. The predicted octanol–water partition coefficient (Wildman–Crippen LogP) is 2.56. The standard InChI is InChI=1S/C15H17ClFNO5/c1-4-21-13-7-22-18-14(13)9-5-10(16)11(17)6-12(9)23-8(2)15(19)20-3/h5-6,8,13H,4,7H2,1-3H3/t8-,13+/m0/s1. The minimum atomic E-state index is -0.923. The summed E-state index contributed by atoms with van der Waals surface area (Å²) in [7, 11) is 1.24. The molecule has 0 saturated heterocycles. The molecule has 0 aromatic heterocycles. The van der Waals surface area contributed by atoms with Crippen LogP contribution in [0.1, 0.15) is 19.4 Å². The number of ether oxygens (including phenoxy) is 3. The van der Waals surface area contributed by atoms with E-state index in [-0.39, 0.29) is 17.4 Å². The van der Waals surface area contributed by atoms with Crippen LogP contribution >= 0.6 is 11.6 Å². The Morgan fingerprint density at radius 1 is 1.57 bits per heavy atom. The van der Waals surface area contributed by atoms with Gasteiger partial charge in [-0.1, -0.05) is 16.8 Å². The van der Waals surface area contributed by atoms with Crippen molar-refractivity contribution in [2.24, 2.45) is 5.16 Å². The molecule has 2 rings (SSSR count). The van der Waals surface area contributed by atoms with E-state index < -0.39 is 24.0 Å². The minimum absolute atomic E-state index is 0.0945. The lowest BCUT2D eigenvalue weighted by Gasteiger charge is -2.18. The first-order chi connectivity index (χ1) is 11.0. The van der Waals surface area contributed by atoms with Gasteiger partial charge in [-0.2, -0.15) is 0 Å². The zero-order valence-electron chi connectivity index (χ0n) is 13.0. The molecule has 1 heterocycles. The van der Waals surface area contributed by atoms with Crippen LogP contribution in [0.25, 0.3) is 0 Å². The van der Waals surface area contributed by atoms with Gasteiger partial charge in [-0.05, 0) is 19.9 Å². The summed E-state index contributed by atoms with van der Waals surface area (Å²) in [5, 5.41) is 3.83. The number of methoxy groups -OCH3 is 1. The van der Waals surface area contributed by atoms with Crippen LogP contribution in [-0.4, -0.2) is 44.2 Å². The van der Waals surface area contributed by atoms with Gasteiger partial charge < -0.3 is 19.0 Å². The van der Waals surface area contributed by atoms with Gasteiger partial charge in [0.15, 0.2) is 6.10 Å². The molecule has 2 atom stereocenters. The van der Waals surface area contributed by atoms with E-state index in [9.17, 15) is 9.18 Å². The Morgan fingerprint density at radius 3 is 2.96 bits per heavy atom. The second-order valence-corrected chi connectivity index (χ2v) is 5.17. The molecule has 0 saturated carbocycles. The van der Waals surface area contributed by atoms with Crippen LogP contribution in [0, 0.1) is 5.82 Å². The van der Waals surface area contributed by atoms with Crippen molar-refractivity contribution in [3.63, 3.8) is 0 Å². The summed E-state index contributed by atoms with van der Waals surface area (Å²) in [5.41, 5.74) is 0.837. The highest BCUT2D eigenvalue weighted by Gasteiger charge is 2.30. The highest BCUT2D eigenvalue weighted by molar-refractivity contribution is 6.31. The summed E-state index contributed by atoms with van der Waals surface area (Å²) in [5.74, 6) is -1.15. The van der Waals surface area contributed by atoms with Crippen molar-refractivity contribution in [1.29, 1.82) is 0 Å². The number of oxime groups is 1. The quantitative estimate of drug-likeness (QED) is 0.741. The molecule has 0 fully saturated rings. The molecule has 8 heteroatoms. The largest absolute Gasteiger partial charge is 0.478 e. The first kappa shape index (κ1) is 17.5. The van der Waals surface area contributed by atoms with Gasteiger partial charge >= 0.3 is 5.97 Å². The zero-order valence-corrected chi connectivity index (χ0v) is 13.7. The average molecular weight is 346 g/mol. The van der Waals surface area contributed by atoms with Gasteiger partial charge in [0.25, 0.3) is 0 Å². The number of hydrogen-bond acceptors (Lipinski definition) is 6. The van der Waals surface area contributed by atoms with Gasteiger partial charge in [0.05, 0.1) is 12.1 Å². The molecule has 0 aliphatic carbocycles. The van der Waals surface area contributed by atoms with Crippen LogP contribution in [0.2, 0.25) is 5.02 Å². The number of rotatable bonds is 6. The van der Waals surface area contributed by atoms with Crippen molar-refractivity contribution >= 4 is 23.3 Å². The second kappa shape index (κ2) is 7.61. The predicted molar refractivity (Wildman–Crippen MR) is 81.4 cm³/mol. The maximum Gasteiger partial charge on any atom is 0.346 e. The SMILES string of the molecule is CCO[C@@H]1CON=C1c1cc(Cl)c(F)cc1O[C@@H](C)C(=O)OC. The van der Waals surface area contributed by atoms with Crippen LogP contribution < -0.4 is 4.74 Å². The molecule has 0 N–H and O–H groups in total. The van der Waals surface area contributed by atoms with Gasteiger partial charge in [-0.25, -0.2) is 9.18 Å². The number of benzene rings is 1. The molecule has 0 spiro atoms. The molecule has 0 unspecified atom stereocenters. The van der Waals surface area contributed by atoms with E-state index in [4.69, 9.17) is 25.9 Å². The molecule has 6 nitrogen and oxygen atoms in total. The monoisotopic (exact) mass is 345 g/mol. The summed E-state index contributed by atoms with van der Waals surface area (Å²) in [4.78, 5) is 16.6. The maximum atomic E-state index is 13.8. The van der Waals surface area contributed by atoms with E-state index in [1.54, 1.807) is 0 Å². The lowest BCUT2D eigenvalue weighted by atomic mass is 10.0. The Labute approximate surface area is 138 Å². The number of esters is 1. The van der Waals surface area contributed by atoms with Crippen molar-refractivity contribution < 1.29 is 28.2 Å². The maximum absolute atomic E-state index is 13.8. The van der Waals surface area contributed by atoms with E-state index in [0.29, 0.717) is 17.9 Å². The summed E-state index contributed by atoms with van der Waals surface area (Å²) in [6.07, 6.45) is -1.34. The summed E-state index contributed by atoms with van der Waals surface area (Å²) in [6, 6.07) is 2.47. The molecule has 126 valence electrons. The number of carbonyl (C=O) groups excluding carboxylic acids is 1. The average Bonchev–Trinajstić information content (AvgIpc) is 2.98. The van der Waals surface area contributed by atoms with Crippen LogP contribution in [0.15, 0.2) is 17.3 Å². The lowest BCUT2D eigenvalue weighted by Crippen LogP contribution is -2.28. The molecule has 1 aromatic carbocycles. The number of carbonyl (C=O) groups is 1. The van der Waals surface area contributed by atoms with Crippen molar-refractivity contribution in [3.05, 3.63) is 28.5 Å². The highest BCUT2D eigenvalue weighted by Crippen LogP contribution is 2.30. The third-order valence-corrected chi connectivity index (χ3v) is 3.49. The van der Waals surface area contributed by atoms with Gasteiger partial charge in [-0.15, -0.1) is 0 Å². The van der Waals surface area contributed by atoms with E-state index >= 15 is 0 Å². The Bertz CT molecular complexity index is 622. The minimum Gasteiger partial charge on any atom is -0.478 e. The number of hydrogen-bond donors (Lipinski definition) is 0. The van der Waals surface area contributed by atoms with Crippen molar-refractivity contribution in [2.45, 2.75) is 26.1 Å². The molecule has 0 bridgehead atoms. The second-order valence-electron chi connectivity index (χ2n) is 4.76. The molecule has 1 aliphatic rings. The Morgan fingerprint density at radius 2 is 2.30 bits per heavy atom. The van der Waals surface area contributed by atoms with Crippen LogP contribution in [-0.2, 0) is 19.1 Å². The van der Waals surface area contributed by atoms with Crippen LogP contribution in [0.5, 0.6) is 5.75 Å². The van der Waals surface area contributed by atoms with E-state index in [1.165, 1.54) is 20.1 Å². The van der Waals surface area contributed by atoms with Gasteiger partial charge in [0.2, 0.25) is 0 Å². The lowest BCUT2D eigenvalue weighted by molar-refractivity contribution is -0.147. The van der Waals surface area contributed by atoms with E-state index in [1.807, 2.05) is 6.92 Å². The molecule has 1 aliphatic heterocycles. The molecular weight excluding hydrogens is 329 g/mol. The van der Waals surface area contributed by atoms with Crippen LogP contribution in [0.4, 0.5) is 4.39 Å². The Kier molecular flexibility index (Phi) is 5.79.